The van der Waals surface area contributed by atoms with E-state index in [2.05, 4.69) is 25.9 Å². The number of rotatable bonds is 4. The highest BCUT2D eigenvalue weighted by molar-refractivity contribution is 5.96. The predicted octanol–water partition coefficient (Wildman–Crippen LogP) is 2.69. The first-order valence-electron chi connectivity index (χ1n) is 8.61. The summed E-state index contributed by atoms with van der Waals surface area (Å²) >= 11 is 0. The summed E-state index contributed by atoms with van der Waals surface area (Å²) in [6.07, 6.45) is 4.60. The van der Waals surface area contributed by atoms with Crippen LogP contribution in [0.1, 0.15) is 12.8 Å². The van der Waals surface area contributed by atoms with Crippen LogP contribution < -0.4 is 10.6 Å². The first kappa shape index (κ1) is 20.0. The molecule has 1 fully saturated rings. The number of piperidine rings is 1. The van der Waals surface area contributed by atoms with Crippen molar-refractivity contribution >= 4 is 24.1 Å². The molecule has 1 amide bonds. The number of carbonyl (C=O) groups excluding carboxylic acids is 1. The van der Waals surface area contributed by atoms with E-state index in [4.69, 9.17) is 0 Å². The lowest BCUT2D eigenvalue weighted by atomic mass is 9.87. The standard InChI is InChI=1S/C18H18F2N6O.ClH/c19-13-8-12(9-14(20)10-13)15-11-16(25-24-15)23-17(27)18(2-5-21-6-3-18)26-7-1-4-22-26;/h1,4,7-11,21H,2-3,5-6H2,(H2,23,24,25,27);1H. The summed E-state index contributed by atoms with van der Waals surface area (Å²) in [7, 11) is 0. The molecule has 0 spiro atoms. The summed E-state index contributed by atoms with van der Waals surface area (Å²) in [6, 6.07) is 6.51. The number of hydrogen-bond donors (Lipinski definition) is 3. The molecule has 1 aliphatic heterocycles. The molecule has 148 valence electrons. The second-order valence-electron chi connectivity index (χ2n) is 6.51. The van der Waals surface area contributed by atoms with E-state index in [9.17, 15) is 13.6 Å². The van der Waals surface area contributed by atoms with Gasteiger partial charge in [-0.3, -0.25) is 14.6 Å². The van der Waals surface area contributed by atoms with E-state index in [1.165, 1.54) is 12.1 Å². The van der Waals surface area contributed by atoms with E-state index in [-0.39, 0.29) is 24.1 Å². The Morgan fingerprint density at radius 3 is 2.50 bits per heavy atom. The monoisotopic (exact) mass is 408 g/mol. The van der Waals surface area contributed by atoms with Gasteiger partial charge in [0.1, 0.15) is 17.2 Å². The van der Waals surface area contributed by atoms with Crippen LogP contribution in [0.25, 0.3) is 11.3 Å². The van der Waals surface area contributed by atoms with Crippen LogP contribution in [-0.4, -0.2) is 39.0 Å². The molecule has 4 rings (SSSR count). The van der Waals surface area contributed by atoms with Gasteiger partial charge in [-0.25, -0.2) is 8.78 Å². The fourth-order valence-corrected chi connectivity index (χ4v) is 3.40. The Morgan fingerprint density at radius 2 is 1.86 bits per heavy atom. The number of nitrogens with zero attached hydrogens (tertiary/aromatic N) is 3. The van der Waals surface area contributed by atoms with Gasteiger partial charge in [0.2, 0.25) is 0 Å². The zero-order chi connectivity index (χ0) is 18.9. The number of benzene rings is 1. The summed E-state index contributed by atoms with van der Waals surface area (Å²) in [5.74, 6) is -1.31. The fraction of sp³-hybridized carbons (Fsp3) is 0.278. The van der Waals surface area contributed by atoms with Crippen molar-refractivity contribution in [2.45, 2.75) is 18.4 Å². The van der Waals surface area contributed by atoms with Crippen LogP contribution in [0.4, 0.5) is 14.6 Å². The average Bonchev–Trinajstić information content (AvgIpc) is 3.34. The topological polar surface area (TPSA) is 87.6 Å². The molecule has 0 aliphatic carbocycles. The molecule has 3 heterocycles. The molecule has 0 unspecified atom stereocenters. The van der Waals surface area contributed by atoms with Crippen LogP contribution >= 0.6 is 12.4 Å². The molecular weight excluding hydrogens is 390 g/mol. The molecule has 0 saturated carbocycles. The minimum absolute atomic E-state index is 0. The smallest absolute Gasteiger partial charge is 0.253 e. The van der Waals surface area contributed by atoms with Crippen molar-refractivity contribution in [3.8, 4) is 11.3 Å². The molecule has 2 aromatic heterocycles. The van der Waals surface area contributed by atoms with E-state index in [0.717, 1.165) is 6.07 Å². The molecule has 1 aromatic carbocycles. The number of H-pyrrole nitrogens is 1. The van der Waals surface area contributed by atoms with Gasteiger partial charge in [-0.1, -0.05) is 0 Å². The highest BCUT2D eigenvalue weighted by Crippen LogP contribution is 2.29. The largest absolute Gasteiger partial charge is 0.317 e. The summed E-state index contributed by atoms with van der Waals surface area (Å²) < 4.78 is 28.5. The van der Waals surface area contributed by atoms with Gasteiger partial charge >= 0.3 is 0 Å². The van der Waals surface area contributed by atoms with Crippen molar-refractivity contribution in [3.63, 3.8) is 0 Å². The zero-order valence-corrected chi connectivity index (χ0v) is 15.6. The Kier molecular flexibility index (Phi) is 5.76. The molecule has 10 heteroatoms. The second kappa shape index (κ2) is 8.07. The summed E-state index contributed by atoms with van der Waals surface area (Å²) in [5, 5.41) is 17.1. The van der Waals surface area contributed by atoms with Gasteiger partial charge in [0.05, 0.1) is 5.69 Å². The molecule has 28 heavy (non-hydrogen) atoms. The lowest BCUT2D eigenvalue weighted by Gasteiger charge is -2.36. The first-order chi connectivity index (χ1) is 13.1. The van der Waals surface area contributed by atoms with Crippen LogP contribution in [0.15, 0.2) is 42.7 Å². The van der Waals surface area contributed by atoms with Gasteiger partial charge in [0.25, 0.3) is 5.91 Å². The van der Waals surface area contributed by atoms with Crippen LogP contribution in [0.3, 0.4) is 0 Å². The number of halogens is 3. The third-order valence-corrected chi connectivity index (χ3v) is 4.79. The van der Waals surface area contributed by atoms with Crippen molar-refractivity contribution in [1.82, 2.24) is 25.3 Å². The molecule has 1 saturated heterocycles. The number of amides is 1. The minimum Gasteiger partial charge on any atom is -0.317 e. The zero-order valence-electron chi connectivity index (χ0n) is 14.8. The highest BCUT2D eigenvalue weighted by Gasteiger charge is 2.42. The Morgan fingerprint density at radius 1 is 1.14 bits per heavy atom. The van der Waals surface area contributed by atoms with Gasteiger partial charge in [-0.05, 0) is 44.1 Å². The van der Waals surface area contributed by atoms with Crippen LogP contribution in [0, 0.1) is 11.6 Å². The molecule has 7 nitrogen and oxygen atoms in total. The average molecular weight is 409 g/mol. The van der Waals surface area contributed by atoms with E-state index < -0.39 is 17.2 Å². The van der Waals surface area contributed by atoms with Crippen molar-refractivity contribution in [3.05, 3.63) is 54.4 Å². The van der Waals surface area contributed by atoms with Crippen molar-refractivity contribution in [2.75, 3.05) is 18.4 Å². The summed E-state index contributed by atoms with van der Waals surface area (Å²) in [6.45, 7) is 1.39. The third kappa shape index (κ3) is 3.76. The van der Waals surface area contributed by atoms with Gasteiger partial charge in [-0.2, -0.15) is 10.2 Å². The minimum atomic E-state index is -0.807. The molecular formula is C18H19ClF2N6O. The predicted molar refractivity (Wildman–Crippen MR) is 102 cm³/mol. The molecule has 1 aliphatic rings. The van der Waals surface area contributed by atoms with Crippen LogP contribution in [0.5, 0.6) is 0 Å². The van der Waals surface area contributed by atoms with E-state index in [0.29, 0.717) is 37.2 Å². The van der Waals surface area contributed by atoms with E-state index in [1.807, 2.05) is 0 Å². The molecule has 0 bridgehead atoms. The molecule has 3 aromatic rings. The number of hydrogen-bond acceptors (Lipinski definition) is 4. The van der Waals surface area contributed by atoms with Crippen LogP contribution in [-0.2, 0) is 10.3 Å². The molecule has 0 radical (unpaired) electrons. The lowest BCUT2D eigenvalue weighted by Crippen LogP contribution is -2.52. The lowest BCUT2D eigenvalue weighted by molar-refractivity contribution is -0.126. The molecule has 3 N–H and O–H groups in total. The number of nitrogens with one attached hydrogen (secondary N) is 3. The van der Waals surface area contributed by atoms with Gasteiger partial charge in [0.15, 0.2) is 5.82 Å². The van der Waals surface area contributed by atoms with E-state index >= 15 is 0 Å². The number of aromatic amines is 1. The third-order valence-electron chi connectivity index (χ3n) is 4.79. The normalized spacial score (nSPS) is 15.6. The summed E-state index contributed by atoms with van der Waals surface area (Å²) in [4.78, 5) is 13.1. The number of anilines is 1. The second-order valence-corrected chi connectivity index (χ2v) is 6.51. The maximum Gasteiger partial charge on any atom is 0.253 e. The van der Waals surface area contributed by atoms with Crippen LogP contribution in [0.2, 0.25) is 0 Å². The Labute approximate surface area is 165 Å². The number of aromatic nitrogens is 4. The quantitative estimate of drug-likeness (QED) is 0.619. The van der Waals surface area contributed by atoms with Crippen molar-refractivity contribution < 1.29 is 13.6 Å². The summed E-state index contributed by atoms with van der Waals surface area (Å²) in [5.41, 5.74) is -0.0925. The van der Waals surface area contributed by atoms with Gasteiger partial charge in [-0.15, -0.1) is 12.4 Å². The van der Waals surface area contributed by atoms with Gasteiger partial charge < -0.3 is 10.6 Å². The van der Waals surface area contributed by atoms with Gasteiger partial charge in [0, 0.05) is 30.1 Å². The fourth-order valence-electron chi connectivity index (χ4n) is 3.40. The maximum atomic E-state index is 13.4. The maximum absolute atomic E-state index is 13.4. The first-order valence-corrected chi connectivity index (χ1v) is 8.61. The van der Waals surface area contributed by atoms with Crippen molar-refractivity contribution in [2.24, 2.45) is 0 Å². The highest BCUT2D eigenvalue weighted by atomic mass is 35.5. The Bertz CT molecular complexity index is 933. The number of carbonyl (C=O) groups is 1. The molecule has 0 atom stereocenters. The van der Waals surface area contributed by atoms with Crippen molar-refractivity contribution in [1.29, 1.82) is 0 Å². The SMILES string of the molecule is Cl.O=C(Nc1cc(-c2cc(F)cc(F)c2)[nH]n1)C1(n2cccn2)CCNCC1. The Balaban J connectivity index is 0.00000225. The van der Waals surface area contributed by atoms with E-state index in [1.54, 1.807) is 29.2 Å². The Hall–Kier alpha value is -2.78.